The summed E-state index contributed by atoms with van der Waals surface area (Å²) in [6.45, 7) is 8.85. The predicted octanol–water partition coefficient (Wildman–Crippen LogP) is 3.81. The maximum Gasteiger partial charge on any atom is 0.326 e. The number of hydrogen-bond donors (Lipinski definition) is 10. The third kappa shape index (κ3) is 20.6. The zero-order valence-electron chi connectivity index (χ0n) is 49.7. The van der Waals surface area contributed by atoms with E-state index in [-0.39, 0.29) is 76.2 Å². The summed E-state index contributed by atoms with van der Waals surface area (Å²) in [5, 5.41) is 36.5. The lowest BCUT2D eigenvalue weighted by molar-refractivity contribution is -0.142. The van der Waals surface area contributed by atoms with Gasteiger partial charge < -0.3 is 63.0 Å². The standard InChI is InChI=1S/C61H85F2N11O12/c1-37(2)53(71-49(76)22-10-7-13-30-73-50(77)25-26-51(73)78)58(83)69-46(21-15-29-67-60(65)86)57(82)70-47(59(84)85)19-11-12-28-66-55(80)41-18-14-20-45(41)68-56(81)44(64)27-31-74(52(79)36-75)54(61(3,4)5)48-32-39(42-33-40(62)23-24-43(42)63)35-72(48)34-38-16-8-6-9-17-38/h6,8-9,16-17,23-26,32-33,35,37,41,44-47,53-54,75H,7,10-15,18-22,27-31,34,36,64H2,1-5H3,(H,66,80)(H,68,81)(H,69,83)(H,70,82)(H,71,76)(H,84,85)(H3,65,67,86)/t41-,44+,45+,46+,47+,53+,54+/m1/s1. The normalized spacial score (nSPS) is 16.7. The van der Waals surface area contributed by atoms with Gasteiger partial charge in [0.25, 0.3) is 11.8 Å². The number of imide groups is 1. The summed E-state index contributed by atoms with van der Waals surface area (Å²) in [5.41, 5.74) is 12.8. The third-order valence-electron chi connectivity index (χ3n) is 15.3. The molecule has 25 heteroatoms. The predicted molar refractivity (Wildman–Crippen MR) is 314 cm³/mol. The Morgan fingerprint density at radius 1 is 0.779 bits per heavy atom. The zero-order valence-corrected chi connectivity index (χ0v) is 49.7. The number of urea groups is 1. The van der Waals surface area contributed by atoms with E-state index >= 15 is 4.39 Å². The Hall–Kier alpha value is -8.06. The van der Waals surface area contributed by atoms with Gasteiger partial charge in [0, 0.05) is 80.4 Å². The lowest BCUT2D eigenvalue weighted by Gasteiger charge is -2.41. The molecular formula is C61H85F2N11O12. The number of carbonyl (C=O) groups is 10. The minimum atomic E-state index is -1.40. The van der Waals surface area contributed by atoms with E-state index in [1.807, 2.05) is 55.7 Å². The third-order valence-corrected chi connectivity index (χ3v) is 15.3. The Labute approximate surface area is 500 Å². The van der Waals surface area contributed by atoms with Crippen LogP contribution in [0, 0.1) is 28.9 Å². The number of hydrogen-bond acceptors (Lipinski definition) is 12. The molecule has 1 saturated carbocycles. The lowest BCUT2D eigenvalue weighted by Crippen LogP contribution is -2.57. The fourth-order valence-corrected chi connectivity index (χ4v) is 10.8. The first kappa shape index (κ1) is 68.7. The number of benzene rings is 2. The molecule has 0 unspecified atom stereocenters. The van der Waals surface area contributed by atoms with Gasteiger partial charge in [0.15, 0.2) is 0 Å². The van der Waals surface area contributed by atoms with Crippen molar-refractivity contribution in [3.63, 3.8) is 0 Å². The Bertz CT molecular complexity index is 2880. The number of aromatic nitrogens is 1. The molecule has 2 heterocycles. The number of carboxylic acid groups (broad SMARTS) is 1. The van der Waals surface area contributed by atoms with Gasteiger partial charge in [-0.25, -0.2) is 18.4 Å². The first-order valence-corrected chi connectivity index (χ1v) is 29.4. The Balaban J connectivity index is 1.13. The molecule has 470 valence electrons. The highest BCUT2D eigenvalue weighted by molar-refractivity contribution is 6.12. The smallest absolute Gasteiger partial charge is 0.326 e. The first-order valence-electron chi connectivity index (χ1n) is 29.4. The Morgan fingerprint density at radius 3 is 2.10 bits per heavy atom. The number of carbonyl (C=O) groups excluding carboxylic acids is 9. The van der Waals surface area contributed by atoms with Crippen molar-refractivity contribution >= 4 is 59.3 Å². The number of primary amides is 1. The van der Waals surface area contributed by atoms with Crippen LogP contribution in [-0.4, -0.2) is 147 Å². The summed E-state index contributed by atoms with van der Waals surface area (Å²) in [4.78, 5) is 131. The molecule has 0 radical (unpaired) electrons. The maximum atomic E-state index is 15.2. The van der Waals surface area contributed by atoms with Gasteiger partial charge in [-0.2, -0.15) is 0 Å². The van der Waals surface area contributed by atoms with Crippen LogP contribution in [0.2, 0.25) is 0 Å². The van der Waals surface area contributed by atoms with Crippen LogP contribution in [0.1, 0.15) is 135 Å². The second-order valence-corrected chi connectivity index (χ2v) is 23.4. The van der Waals surface area contributed by atoms with E-state index in [1.165, 1.54) is 17.1 Å². The van der Waals surface area contributed by atoms with Gasteiger partial charge in [0.05, 0.1) is 18.0 Å². The van der Waals surface area contributed by atoms with Crippen molar-refractivity contribution < 1.29 is 66.9 Å². The quantitative estimate of drug-likeness (QED) is 0.0301. The van der Waals surface area contributed by atoms with Gasteiger partial charge in [0.2, 0.25) is 35.4 Å². The van der Waals surface area contributed by atoms with Crippen molar-refractivity contribution in [3.8, 4) is 11.1 Å². The molecule has 1 aliphatic carbocycles. The van der Waals surface area contributed by atoms with Crippen molar-refractivity contribution in [3.05, 3.63) is 95.8 Å². The van der Waals surface area contributed by atoms with Gasteiger partial charge in [-0.05, 0) is 105 Å². The number of nitrogens with two attached hydrogens (primary N) is 2. The van der Waals surface area contributed by atoms with Crippen LogP contribution in [0.15, 0.2) is 72.9 Å². The van der Waals surface area contributed by atoms with E-state index < -0.39 is 125 Å². The minimum absolute atomic E-state index is 0.0233. The SMILES string of the molecule is CC(C)[C@H](NC(=O)CCCCCN1C(=O)C=CC1=O)C(=O)N[C@@H](CCCNC(N)=O)C(=O)N[C@@H](CCCCNC(=O)[C@@H]1CCC[C@@H]1NC(=O)[C@@H](N)CCN(C(=O)CO)[C@@H](c1cc(-c2cc(F)ccc2F)cn1Cc1ccccc1)C(C)(C)C)C(=O)O. The molecule has 86 heavy (non-hydrogen) atoms. The Kier molecular flexibility index (Phi) is 26.4. The number of amides is 10. The number of nitrogens with zero attached hydrogens (tertiary/aromatic N) is 3. The lowest BCUT2D eigenvalue weighted by atomic mass is 9.82. The van der Waals surface area contributed by atoms with Crippen LogP contribution in [0.4, 0.5) is 13.6 Å². The molecule has 10 amide bonds. The summed E-state index contributed by atoms with van der Waals surface area (Å²) in [6, 6.07) is 7.25. The molecule has 0 saturated heterocycles. The molecule has 0 spiro atoms. The molecule has 7 atom stereocenters. The molecule has 23 nitrogen and oxygen atoms in total. The van der Waals surface area contributed by atoms with E-state index in [0.29, 0.717) is 62.7 Å². The zero-order chi connectivity index (χ0) is 63.3. The van der Waals surface area contributed by atoms with Crippen LogP contribution in [0.3, 0.4) is 0 Å². The van der Waals surface area contributed by atoms with Crippen molar-refractivity contribution in [2.45, 2.75) is 161 Å². The van der Waals surface area contributed by atoms with Gasteiger partial charge in [-0.15, -0.1) is 0 Å². The second kappa shape index (κ2) is 33.0. The molecule has 1 aliphatic heterocycles. The highest BCUT2D eigenvalue weighted by atomic mass is 19.1. The second-order valence-electron chi connectivity index (χ2n) is 23.4. The van der Waals surface area contributed by atoms with Crippen LogP contribution in [0.5, 0.6) is 0 Å². The molecule has 2 aromatic carbocycles. The van der Waals surface area contributed by atoms with Gasteiger partial charge in [-0.1, -0.05) is 77.8 Å². The highest BCUT2D eigenvalue weighted by Gasteiger charge is 2.39. The van der Waals surface area contributed by atoms with Crippen molar-refractivity contribution in [2.24, 2.45) is 28.7 Å². The number of nitrogens with one attached hydrogen (secondary N) is 6. The largest absolute Gasteiger partial charge is 0.480 e. The minimum Gasteiger partial charge on any atom is -0.480 e. The van der Waals surface area contributed by atoms with Crippen LogP contribution in [-0.2, 0) is 49.7 Å². The summed E-state index contributed by atoms with van der Waals surface area (Å²) in [6.07, 6.45) is 7.67. The molecule has 2 aliphatic rings. The van der Waals surface area contributed by atoms with E-state index in [0.717, 1.165) is 28.7 Å². The number of halogens is 2. The van der Waals surface area contributed by atoms with Crippen molar-refractivity contribution in [2.75, 3.05) is 32.8 Å². The number of aliphatic carboxylic acids is 1. The summed E-state index contributed by atoms with van der Waals surface area (Å²) in [5.74, 6) is -7.96. The molecule has 1 aromatic heterocycles. The molecule has 0 bridgehead atoms. The molecule has 12 N–H and O–H groups in total. The van der Waals surface area contributed by atoms with Gasteiger partial charge in [-0.3, -0.25) is 43.3 Å². The van der Waals surface area contributed by atoms with E-state index in [1.54, 1.807) is 26.1 Å². The summed E-state index contributed by atoms with van der Waals surface area (Å²) >= 11 is 0. The first-order chi connectivity index (χ1) is 40.8. The molecular weight excluding hydrogens is 1120 g/mol. The van der Waals surface area contributed by atoms with Crippen LogP contribution >= 0.6 is 0 Å². The monoisotopic (exact) mass is 1200 g/mol. The molecule has 1 fully saturated rings. The van der Waals surface area contributed by atoms with Gasteiger partial charge in [0.1, 0.15) is 36.4 Å². The summed E-state index contributed by atoms with van der Waals surface area (Å²) in [7, 11) is 0. The number of unbranched alkanes of at least 4 members (excludes halogenated alkanes) is 3. The average molecular weight is 1200 g/mol. The van der Waals surface area contributed by atoms with E-state index in [4.69, 9.17) is 11.5 Å². The van der Waals surface area contributed by atoms with Crippen LogP contribution < -0.4 is 43.4 Å². The van der Waals surface area contributed by atoms with Gasteiger partial charge >= 0.3 is 12.0 Å². The van der Waals surface area contributed by atoms with Crippen molar-refractivity contribution in [1.82, 2.24) is 46.3 Å². The number of aliphatic hydroxyl groups is 1. The van der Waals surface area contributed by atoms with Crippen molar-refractivity contribution in [1.29, 1.82) is 0 Å². The topological polar surface area (TPSA) is 347 Å². The van der Waals surface area contributed by atoms with E-state index in [2.05, 4.69) is 31.9 Å². The highest BCUT2D eigenvalue weighted by Crippen LogP contribution is 2.41. The maximum absolute atomic E-state index is 15.2. The Morgan fingerprint density at radius 2 is 1.45 bits per heavy atom. The van der Waals surface area contributed by atoms with Crippen LogP contribution in [0.25, 0.3) is 11.1 Å². The average Bonchev–Trinajstić information content (AvgIpc) is 1.86. The number of aliphatic hydroxyl groups excluding tert-OH is 1. The fraction of sp³-hybridized carbons (Fsp3) is 0.541. The number of carboxylic acids is 1. The molecule has 3 aromatic rings. The molecule has 5 rings (SSSR count). The number of rotatable bonds is 34. The summed E-state index contributed by atoms with van der Waals surface area (Å²) < 4.78 is 31.6. The van der Waals surface area contributed by atoms with E-state index in [9.17, 15) is 62.5 Å². The fourth-order valence-electron chi connectivity index (χ4n) is 10.8.